The van der Waals surface area contributed by atoms with Gasteiger partial charge in [-0.1, -0.05) is 35.9 Å². The average Bonchev–Trinajstić information content (AvgIpc) is 3.18. The Balaban J connectivity index is 1.42. The maximum Gasteiger partial charge on any atom is 0.281 e. The predicted molar refractivity (Wildman–Crippen MR) is 145 cm³/mol. The number of carbonyl (C=O) groups is 2. The van der Waals surface area contributed by atoms with E-state index in [1.54, 1.807) is 41.0 Å². The molecule has 3 aromatic carbocycles. The Hall–Kier alpha value is -4.69. The molecule has 2 amide bonds. The minimum absolute atomic E-state index is 0.187. The van der Waals surface area contributed by atoms with Gasteiger partial charge < -0.3 is 0 Å². The first-order chi connectivity index (χ1) is 18.4. The average molecular weight is 522 g/mol. The Kier molecular flexibility index (Phi) is 5.81. The molecule has 1 aliphatic rings. The molecule has 0 saturated heterocycles. The van der Waals surface area contributed by atoms with Crippen LogP contribution in [0.15, 0.2) is 83.9 Å². The molecule has 3 heterocycles. The number of nitrogens with zero attached hydrogens (tertiary/aromatic N) is 5. The van der Waals surface area contributed by atoms with E-state index in [0.29, 0.717) is 51.8 Å². The molecule has 9 heteroatoms. The molecule has 0 N–H and O–H groups in total. The number of imide groups is 1. The summed E-state index contributed by atoms with van der Waals surface area (Å²) in [6.45, 7) is 2.17. The fourth-order valence-corrected chi connectivity index (χ4v) is 4.85. The van der Waals surface area contributed by atoms with Crippen molar-refractivity contribution in [2.24, 2.45) is 0 Å². The highest BCUT2D eigenvalue weighted by molar-refractivity contribution is 6.34. The Morgan fingerprint density at radius 3 is 2.21 bits per heavy atom. The molecule has 0 aliphatic carbocycles. The molecule has 5 aromatic rings. The van der Waals surface area contributed by atoms with Crippen LogP contribution in [0.2, 0.25) is 5.02 Å². The molecular formula is C29H20ClN5O3. The van der Waals surface area contributed by atoms with Crippen molar-refractivity contribution in [3.63, 3.8) is 0 Å². The van der Waals surface area contributed by atoms with Crippen molar-refractivity contribution in [2.75, 3.05) is 4.90 Å². The zero-order valence-electron chi connectivity index (χ0n) is 20.3. The number of fused-ring (bicyclic) bond motifs is 2. The van der Waals surface area contributed by atoms with Gasteiger partial charge in [0.15, 0.2) is 11.2 Å². The van der Waals surface area contributed by atoms with Gasteiger partial charge in [0.25, 0.3) is 17.4 Å². The van der Waals surface area contributed by atoms with Crippen LogP contribution in [0.5, 0.6) is 0 Å². The standard InChI is InChI=1S/C29H20ClN5O3/c1-17-16-19(8-11-23(17)35-27(36)21-4-2-3-5-22(21)28(35)37)26-33-25-24(31-13-14-32-25)29(38)34(26)15-12-18-6-9-20(30)10-7-18/h2-11,13-14,16H,12,15H2,1H3. The lowest BCUT2D eigenvalue weighted by atomic mass is 10.1. The molecular weight excluding hydrogens is 502 g/mol. The lowest BCUT2D eigenvalue weighted by molar-refractivity contribution is 0.0926. The highest BCUT2D eigenvalue weighted by Crippen LogP contribution is 2.32. The second kappa shape index (κ2) is 9.32. The maximum absolute atomic E-state index is 13.5. The van der Waals surface area contributed by atoms with E-state index in [4.69, 9.17) is 11.6 Å². The van der Waals surface area contributed by atoms with Gasteiger partial charge in [-0.05, 0) is 66.9 Å². The van der Waals surface area contributed by atoms with Crippen LogP contribution >= 0.6 is 11.6 Å². The smallest absolute Gasteiger partial charge is 0.281 e. The van der Waals surface area contributed by atoms with Crippen LogP contribution in [0.25, 0.3) is 22.6 Å². The number of hydrogen-bond donors (Lipinski definition) is 0. The van der Waals surface area contributed by atoms with Crippen LogP contribution in [-0.4, -0.2) is 31.3 Å². The number of aromatic nitrogens is 4. The van der Waals surface area contributed by atoms with Crippen LogP contribution < -0.4 is 10.5 Å². The number of carbonyl (C=O) groups excluding carboxylic acids is 2. The molecule has 38 heavy (non-hydrogen) atoms. The number of rotatable bonds is 5. The van der Waals surface area contributed by atoms with E-state index < -0.39 is 0 Å². The van der Waals surface area contributed by atoms with Crippen molar-refractivity contribution in [1.82, 2.24) is 19.5 Å². The monoisotopic (exact) mass is 521 g/mol. The summed E-state index contributed by atoms with van der Waals surface area (Å²) in [5, 5.41) is 0.642. The van der Waals surface area contributed by atoms with Crippen molar-refractivity contribution >= 4 is 40.3 Å². The lowest BCUT2D eigenvalue weighted by Gasteiger charge is -2.18. The summed E-state index contributed by atoms with van der Waals surface area (Å²) < 4.78 is 1.59. The molecule has 1 aliphatic heterocycles. The molecule has 0 bridgehead atoms. The number of benzene rings is 3. The minimum Gasteiger partial charge on any atom is -0.290 e. The predicted octanol–water partition coefficient (Wildman–Crippen LogP) is 4.86. The van der Waals surface area contributed by atoms with Crippen molar-refractivity contribution in [1.29, 1.82) is 0 Å². The lowest BCUT2D eigenvalue weighted by Crippen LogP contribution is -2.30. The van der Waals surface area contributed by atoms with Gasteiger partial charge in [0.1, 0.15) is 5.82 Å². The molecule has 0 radical (unpaired) electrons. The number of amides is 2. The third-order valence-electron chi connectivity index (χ3n) is 6.62. The summed E-state index contributed by atoms with van der Waals surface area (Å²) in [6.07, 6.45) is 3.53. The van der Waals surface area contributed by atoms with Crippen molar-refractivity contribution < 1.29 is 9.59 Å². The summed E-state index contributed by atoms with van der Waals surface area (Å²) in [6, 6.07) is 19.5. The van der Waals surface area contributed by atoms with Crippen molar-refractivity contribution in [2.45, 2.75) is 19.9 Å². The minimum atomic E-state index is -0.361. The molecule has 0 fully saturated rings. The number of halogens is 1. The van der Waals surface area contributed by atoms with Crippen LogP contribution in [0.3, 0.4) is 0 Å². The third kappa shape index (κ3) is 3.95. The van der Waals surface area contributed by atoms with E-state index in [0.717, 1.165) is 5.56 Å². The highest BCUT2D eigenvalue weighted by atomic mass is 35.5. The van der Waals surface area contributed by atoms with E-state index in [2.05, 4.69) is 15.0 Å². The molecule has 2 aromatic heterocycles. The quantitative estimate of drug-likeness (QED) is 0.306. The van der Waals surface area contributed by atoms with Crippen LogP contribution in [0.1, 0.15) is 31.8 Å². The summed E-state index contributed by atoms with van der Waals surface area (Å²) in [4.78, 5) is 53.8. The number of anilines is 1. The van der Waals surface area contributed by atoms with Crippen molar-refractivity contribution in [3.05, 3.63) is 117 Å². The second-order valence-corrected chi connectivity index (χ2v) is 9.43. The van der Waals surface area contributed by atoms with Gasteiger partial charge in [0.05, 0.1) is 16.8 Å². The van der Waals surface area contributed by atoms with Crippen LogP contribution in [0.4, 0.5) is 5.69 Å². The normalized spacial score (nSPS) is 12.8. The summed E-state index contributed by atoms with van der Waals surface area (Å²) >= 11 is 6.02. The summed E-state index contributed by atoms with van der Waals surface area (Å²) in [5.74, 6) is -0.296. The van der Waals surface area contributed by atoms with Gasteiger partial charge in [-0.3, -0.25) is 19.0 Å². The van der Waals surface area contributed by atoms with Gasteiger partial charge in [-0.2, -0.15) is 0 Å². The topological polar surface area (TPSA) is 98.1 Å². The summed E-state index contributed by atoms with van der Waals surface area (Å²) in [7, 11) is 0. The van der Waals surface area contributed by atoms with Gasteiger partial charge in [0, 0.05) is 29.5 Å². The molecule has 0 saturated carbocycles. The van der Waals surface area contributed by atoms with E-state index in [1.807, 2.05) is 37.3 Å². The molecule has 0 atom stereocenters. The van der Waals surface area contributed by atoms with E-state index in [9.17, 15) is 14.4 Å². The first kappa shape index (κ1) is 23.7. The number of hydrogen-bond acceptors (Lipinski definition) is 6. The third-order valence-corrected chi connectivity index (χ3v) is 6.87. The SMILES string of the molecule is Cc1cc(-c2nc3nccnc3c(=O)n2CCc2ccc(Cl)cc2)ccc1N1C(=O)c2ccccc2C1=O. The van der Waals surface area contributed by atoms with E-state index >= 15 is 0 Å². The molecule has 0 unspecified atom stereocenters. The molecule has 186 valence electrons. The molecule has 8 nitrogen and oxygen atoms in total. The largest absolute Gasteiger partial charge is 0.290 e. The summed E-state index contributed by atoms with van der Waals surface area (Å²) in [5.41, 5.74) is 3.74. The highest BCUT2D eigenvalue weighted by Gasteiger charge is 2.37. The van der Waals surface area contributed by atoms with Gasteiger partial charge >= 0.3 is 0 Å². The first-order valence-electron chi connectivity index (χ1n) is 12.0. The van der Waals surface area contributed by atoms with Crippen LogP contribution in [0, 0.1) is 6.92 Å². The van der Waals surface area contributed by atoms with Crippen molar-refractivity contribution in [3.8, 4) is 11.4 Å². The van der Waals surface area contributed by atoms with E-state index in [-0.39, 0.29) is 28.5 Å². The first-order valence-corrected chi connectivity index (χ1v) is 12.3. The molecule has 6 rings (SSSR count). The zero-order valence-corrected chi connectivity index (χ0v) is 21.0. The Morgan fingerprint density at radius 2 is 1.53 bits per heavy atom. The fraction of sp³-hybridized carbons (Fsp3) is 0.103. The Labute approximate surface area is 222 Å². The Morgan fingerprint density at radius 1 is 0.842 bits per heavy atom. The second-order valence-electron chi connectivity index (χ2n) is 8.99. The van der Waals surface area contributed by atoms with Crippen LogP contribution in [-0.2, 0) is 13.0 Å². The van der Waals surface area contributed by atoms with Gasteiger partial charge in [-0.25, -0.2) is 19.9 Å². The van der Waals surface area contributed by atoms with E-state index in [1.165, 1.54) is 17.3 Å². The number of aryl methyl sites for hydroxylation is 2. The zero-order chi connectivity index (χ0) is 26.4. The van der Waals surface area contributed by atoms with Gasteiger partial charge in [-0.15, -0.1) is 0 Å². The molecule has 0 spiro atoms. The Bertz CT molecular complexity index is 1780. The van der Waals surface area contributed by atoms with Gasteiger partial charge in [0.2, 0.25) is 0 Å². The fourth-order valence-electron chi connectivity index (χ4n) is 4.72. The maximum atomic E-state index is 13.5.